The third-order valence-corrected chi connectivity index (χ3v) is 2.97. The lowest BCUT2D eigenvalue weighted by Crippen LogP contribution is -2.46. The van der Waals surface area contributed by atoms with Crippen LogP contribution in [0.3, 0.4) is 0 Å². The number of hydrogen-bond donors (Lipinski definition) is 3. The van der Waals surface area contributed by atoms with Gasteiger partial charge >= 0.3 is 12.0 Å². The van der Waals surface area contributed by atoms with Crippen molar-refractivity contribution >= 4 is 17.7 Å². The maximum atomic E-state index is 11.8. The molecule has 1 rings (SSSR count). The maximum absolute atomic E-state index is 11.8. The number of carbonyl (C=O) groups excluding carboxylic acids is 1. The molecule has 0 spiro atoms. The quantitative estimate of drug-likeness (QED) is 0.737. The monoisotopic (exact) mass is 281 g/mol. The number of carboxylic acids is 1. The number of aromatic nitrogens is 1. The molecule has 2 atom stereocenters. The van der Waals surface area contributed by atoms with Gasteiger partial charge in [-0.05, 0) is 12.0 Å². The lowest BCUT2D eigenvalue weighted by Gasteiger charge is -2.20. The van der Waals surface area contributed by atoms with E-state index in [0.717, 1.165) is 0 Å². The molecule has 0 saturated heterocycles. The Labute approximate surface area is 117 Å². The van der Waals surface area contributed by atoms with E-state index in [1.807, 2.05) is 6.92 Å². The van der Waals surface area contributed by atoms with Crippen molar-refractivity contribution in [1.82, 2.24) is 10.3 Å². The molecule has 0 aliphatic heterocycles. The van der Waals surface area contributed by atoms with Crippen LogP contribution in [0.1, 0.15) is 20.3 Å². The van der Waals surface area contributed by atoms with Gasteiger partial charge in [-0.1, -0.05) is 20.3 Å². The van der Waals surface area contributed by atoms with Crippen molar-refractivity contribution < 1.29 is 19.4 Å². The summed E-state index contributed by atoms with van der Waals surface area (Å²) in [6.45, 7) is 3.64. The molecule has 7 nitrogen and oxygen atoms in total. The molecule has 2 unspecified atom stereocenters. The fourth-order valence-electron chi connectivity index (χ4n) is 1.57. The van der Waals surface area contributed by atoms with Gasteiger partial charge < -0.3 is 20.5 Å². The normalized spacial score (nSPS) is 13.2. The average Bonchev–Trinajstić information content (AvgIpc) is 2.44. The predicted octanol–water partition coefficient (Wildman–Crippen LogP) is 1.71. The molecular formula is C13H19N3O4. The number of amides is 2. The fourth-order valence-corrected chi connectivity index (χ4v) is 1.57. The largest absolute Gasteiger partial charge is 0.481 e. The smallest absolute Gasteiger partial charge is 0.326 e. The number of carbonyl (C=O) groups is 2. The van der Waals surface area contributed by atoms with Crippen LogP contribution in [0.25, 0.3) is 0 Å². The Bertz CT molecular complexity index is 461. The molecule has 2 amide bonds. The molecule has 0 fully saturated rings. The van der Waals surface area contributed by atoms with Crippen LogP contribution in [0.4, 0.5) is 10.5 Å². The number of nitrogens with one attached hydrogen (secondary N) is 2. The van der Waals surface area contributed by atoms with Gasteiger partial charge in [0.1, 0.15) is 6.04 Å². The van der Waals surface area contributed by atoms with E-state index in [1.165, 1.54) is 13.3 Å². The molecule has 7 heteroatoms. The number of pyridine rings is 1. The Morgan fingerprint density at radius 1 is 1.45 bits per heavy atom. The summed E-state index contributed by atoms with van der Waals surface area (Å²) < 4.78 is 4.90. The highest BCUT2D eigenvalue weighted by Gasteiger charge is 2.25. The highest BCUT2D eigenvalue weighted by molar-refractivity contribution is 5.92. The fraction of sp³-hybridized carbons (Fsp3) is 0.462. The van der Waals surface area contributed by atoms with Crippen LogP contribution in [0.15, 0.2) is 18.3 Å². The van der Waals surface area contributed by atoms with Crippen molar-refractivity contribution in [1.29, 1.82) is 0 Å². The summed E-state index contributed by atoms with van der Waals surface area (Å²) in [5, 5.41) is 14.0. The third kappa shape index (κ3) is 4.42. The molecule has 0 aliphatic rings. The van der Waals surface area contributed by atoms with Crippen molar-refractivity contribution in [2.45, 2.75) is 26.3 Å². The SMILES string of the molecule is CCC(C)C(NC(=O)Nc1ccc(OC)nc1)C(=O)O. The Kier molecular flexibility index (Phi) is 5.76. The summed E-state index contributed by atoms with van der Waals surface area (Å²) >= 11 is 0. The van der Waals surface area contributed by atoms with Crippen LogP contribution < -0.4 is 15.4 Å². The van der Waals surface area contributed by atoms with E-state index in [-0.39, 0.29) is 5.92 Å². The second kappa shape index (κ2) is 7.32. The topological polar surface area (TPSA) is 101 Å². The second-order valence-electron chi connectivity index (χ2n) is 4.39. The Hall–Kier alpha value is -2.31. The molecule has 0 aromatic carbocycles. The van der Waals surface area contributed by atoms with Crippen LogP contribution >= 0.6 is 0 Å². The summed E-state index contributed by atoms with van der Waals surface area (Å²) in [6, 6.07) is 1.71. The first-order chi connectivity index (χ1) is 9.47. The number of nitrogens with zero attached hydrogens (tertiary/aromatic N) is 1. The van der Waals surface area contributed by atoms with E-state index >= 15 is 0 Å². The predicted molar refractivity (Wildman–Crippen MR) is 73.8 cm³/mol. The zero-order valence-corrected chi connectivity index (χ0v) is 11.7. The zero-order valence-electron chi connectivity index (χ0n) is 11.7. The van der Waals surface area contributed by atoms with Gasteiger partial charge in [0.15, 0.2) is 0 Å². The molecule has 1 heterocycles. The maximum Gasteiger partial charge on any atom is 0.326 e. The highest BCUT2D eigenvalue weighted by Crippen LogP contribution is 2.12. The molecule has 0 bridgehead atoms. The van der Waals surface area contributed by atoms with Gasteiger partial charge in [-0.15, -0.1) is 0 Å². The number of methoxy groups -OCH3 is 1. The molecule has 3 N–H and O–H groups in total. The van der Waals surface area contributed by atoms with Crippen LogP contribution in [0.2, 0.25) is 0 Å². The molecule has 1 aromatic rings. The zero-order chi connectivity index (χ0) is 15.1. The van der Waals surface area contributed by atoms with Gasteiger partial charge in [0.2, 0.25) is 5.88 Å². The first-order valence-corrected chi connectivity index (χ1v) is 6.28. The summed E-state index contributed by atoms with van der Waals surface area (Å²) in [5.74, 6) is -0.784. The lowest BCUT2D eigenvalue weighted by atomic mass is 9.99. The first kappa shape index (κ1) is 15.7. The molecule has 110 valence electrons. The van der Waals surface area contributed by atoms with E-state index in [9.17, 15) is 9.59 Å². The van der Waals surface area contributed by atoms with Gasteiger partial charge in [0.05, 0.1) is 19.0 Å². The van der Waals surface area contributed by atoms with Gasteiger partial charge in [-0.3, -0.25) is 0 Å². The van der Waals surface area contributed by atoms with Gasteiger partial charge in [-0.2, -0.15) is 0 Å². The summed E-state index contributed by atoms with van der Waals surface area (Å²) in [4.78, 5) is 26.8. The number of rotatable bonds is 6. The number of urea groups is 1. The lowest BCUT2D eigenvalue weighted by molar-refractivity contribution is -0.140. The average molecular weight is 281 g/mol. The highest BCUT2D eigenvalue weighted by atomic mass is 16.5. The van der Waals surface area contributed by atoms with Crippen molar-refractivity contribution in [3.05, 3.63) is 18.3 Å². The molecule has 20 heavy (non-hydrogen) atoms. The van der Waals surface area contributed by atoms with Crippen molar-refractivity contribution in [3.63, 3.8) is 0 Å². The van der Waals surface area contributed by atoms with Gasteiger partial charge in [0.25, 0.3) is 0 Å². The Morgan fingerprint density at radius 2 is 2.15 bits per heavy atom. The van der Waals surface area contributed by atoms with Gasteiger partial charge in [0, 0.05) is 6.07 Å². The summed E-state index contributed by atoms with van der Waals surface area (Å²) in [7, 11) is 1.49. The molecule has 0 radical (unpaired) electrons. The standard InChI is InChI=1S/C13H19N3O4/c1-4-8(2)11(12(17)18)16-13(19)15-9-5-6-10(20-3)14-7-9/h5-8,11H,4H2,1-3H3,(H,17,18)(H2,15,16,19). The van der Waals surface area contributed by atoms with Crippen LogP contribution in [-0.4, -0.2) is 35.2 Å². The minimum absolute atomic E-state index is 0.160. The van der Waals surface area contributed by atoms with Crippen LogP contribution in [0.5, 0.6) is 5.88 Å². The van der Waals surface area contributed by atoms with E-state index in [4.69, 9.17) is 9.84 Å². The van der Waals surface area contributed by atoms with Crippen LogP contribution in [0, 0.1) is 5.92 Å². The molecule has 0 saturated carbocycles. The number of anilines is 1. The number of hydrogen-bond acceptors (Lipinski definition) is 4. The van der Waals surface area contributed by atoms with Crippen LogP contribution in [-0.2, 0) is 4.79 Å². The van der Waals surface area contributed by atoms with Crippen molar-refractivity contribution in [2.24, 2.45) is 5.92 Å². The number of aliphatic carboxylic acids is 1. The first-order valence-electron chi connectivity index (χ1n) is 6.28. The molecule has 0 aliphatic carbocycles. The van der Waals surface area contributed by atoms with Crippen molar-refractivity contribution in [2.75, 3.05) is 12.4 Å². The van der Waals surface area contributed by atoms with E-state index < -0.39 is 18.0 Å². The summed E-state index contributed by atoms with van der Waals surface area (Å²) in [6.07, 6.45) is 2.08. The molecular weight excluding hydrogens is 262 g/mol. The third-order valence-electron chi connectivity index (χ3n) is 2.97. The molecule has 1 aromatic heterocycles. The van der Waals surface area contributed by atoms with E-state index in [0.29, 0.717) is 18.0 Å². The Morgan fingerprint density at radius 3 is 2.60 bits per heavy atom. The number of carboxylic acid groups (broad SMARTS) is 1. The van der Waals surface area contributed by atoms with Gasteiger partial charge in [-0.25, -0.2) is 14.6 Å². The Balaban J connectivity index is 2.63. The number of ether oxygens (including phenoxy) is 1. The van der Waals surface area contributed by atoms with E-state index in [1.54, 1.807) is 19.1 Å². The minimum Gasteiger partial charge on any atom is -0.481 e. The summed E-state index contributed by atoms with van der Waals surface area (Å²) in [5.41, 5.74) is 0.455. The van der Waals surface area contributed by atoms with Crippen molar-refractivity contribution in [3.8, 4) is 5.88 Å². The minimum atomic E-state index is -1.05. The second-order valence-corrected chi connectivity index (χ2v) is 4.39. The van der Waals surface area contributed by atoms with E-state index in [2.05, 4.69) is 15.6 Å².